The maximum Gasteiger partial charge on any atom is 0.237 e. The summed E-state index contributed by atoms with van der Waals surface area (Å²) in [5, 5.41) is 0. The molecule has 1 amide bonds. The number of anilines is 1. The molecular formula is C18H19ClN4OS. The van der Waals surface area contributed by atoms with Gasteiger partial charge in [0.1, 0.15) is 5.69 Å². The fraction of sp³-hybridized carbons (Fsp3) is 0.222. The molecule has 2 aromatic heterocycles. The van der Waals surface area contributed by atoms with Crippen LogP contribution in [-0.2, 0) is 4.79 Å². The summed E-state index contributed by atoms with van der Waals surface area (Å²) < 4.78 is 2.69. The third-order valence-electron chi connectivity index (χ3n) is 3.75. The quantitative estimate of drug-likeness (QED) is 0.710. The van der Waals surface area contributed by atoms with E-state index in [4.69, 9.17) is 22.3 Å². The molecular weight excluding hydrogens is 356 g/mol. The van der Waals surface area contributed by atoms with Crippen molar-refractivity contribution in [3.05, 3.63) is 53.0 Å². The van der Waals surface area contributed by atoms with E-state index in [0.29, 0.717) is 10.3 Å². The molecule has 3 rings (SSSR count). The van der Waals surface area contributed by atoms with Crippen molar-refractivity contribution >= 4 is 34.8 Å². The highest BCUT2D eigenvalue weighted by Crippen LogP contribution is 2.33. The van der Waals surface area contributed by atoms with Crippen LogP contribution in [0, 0.1) is 0 Å². The lowest BCUT2D eigenvalue weighted by atomic mass is 10.3. The van der Waals surface area contributed by atoms with Crippen molar-refractivity contribution in [1.29, 1.82) is 0 Å². The number of para-hydroxylation sites is 1. The van der Waals surface area contributed by atoms with Crippen molar-refractivity contribution in [2.45, 2.75) is 19.9 Å². The molecule has 130 valence electrons. The van der Waals surface area contributed by atoms with Gasteiger partial charge in [-0.05, 0) is 38.1 Å². The minimum absolute atomic E-state index is 0.0668. The third kappa shape index (κ3) is 3.86. The molecule has 0 spiro atoms. The van der Waals surface area contributed by atoms with E-state index < -0.39 is 5.91 Å². The molecule has 1 aromatic carbocycles. The van der Waals surface area contributed by atoms with Crippen LogP contribution in [0.3, 0.4) is 0 Å². The summed E-state index contributed by atoms with van der Waals surface area (Å²) in [4.78, 5) is 19.2. The highest BCUT2D eigenvalue weighted by molar-refractivity contribution is 7.19. The molecule has 0 fully saturated rings. The Kier molecular flexibility index (Phi) is 5.11. The van der Waals surface area contributed by atoms with Crippen LogP contribution >= 0.6 is 22.9 Å². The number of rotatable bonds is 6. The number of nitrogens with zero attached hydrogens (tertiary/aromatic N) is 3. The Morgan fingerprint density at radius 2 is 2.00 bits per heavy atom. The van der Waals surface area contributed by atoms with Crippen LogP contribution < -0.4 is 10.6 Å². The molecule has 0 saturated carbocycles. The average Bonchev–Trinajstić information content (AvgIpc) is 3.19. The lowest BCUT2D eigenvalue weighted by Crippen LogP contribution is -2.40. The zero-order valence-electron chi connectivity index (χ0n) is 14.0. The van der Waals surface area contributed by atoms with Gasteiger partial charge in [0, 0.05) is 17.9 Å². The van der Waals surface area contributed by atoms with Gasteiger partial charge >= 0.3 is 0 Å². The summed E-state index contributed by atoms with van der Waals surface area (Å²) in [5.74, 6) is 0.288. The van der Waals surface area contributed by atoms with E-state index in [9.17, 15) is 4.79 Å². The number of carbonyl (C=O) groups is 1. The van der Waals surface area contributed by atoms with E-state index in [1.54, 1.807) is 0 Å². The van der Waals surface area contributed by atoms with Crippen molar-refractivity contribution < 1.29 is 4.79 Å². The lowest BCUT2D eigenvalue weighted by molar-refractivity contribution is -0.116. The van der Waals surface area contributed by atoms with Gasteiger partial charge in [-0.1, -0.05) is 29.8 Å². The maximum absolute atomic E-state index is 11.5. The Balaban J connectivity index is 2.14. The SMILES string of the molecule is CC(C)N(CC(N)=O)c1nc(-c2ccc(Cl)s2)cn1-c1ccccc1. The first kappa shape index (κ1) is 17.5. The van der Waals surface area contributed by atoms with Gasteiger partial charge in [0.25, 0.3) is 0 Å². The number of aromatic nitrogens is 2. The highest BCUT2D eigenvalue weighted by Gasteiger charge is 2.21. The van der Waals surface area contributed by atoms with Gasteiger partial charge in [-0.3, -0.25) is 9.36 Å². The molecule has 0 aliphatic heterocycles. The molecule has 0 unspecified atom stereocenters. The number of thiophene rings is 1. The normalized spacial score (nSPS) is 11.0. The summed E-state index contributed by atoms with van der Waals surface area (Å²) in [6, 6.07) is 13.8. The van der Waals surface area contributed by atoms with E-state index in [1.807, 2.05) is 72.0 Å². The molecule has 0 radical (unpaired) electrons. The fourth-order valence-electron chi connectivity index (χ4n) is 2.57. The van der Waals surface area contributed by atoms with Crippen molar-refractivity contribution in [3.63, 3.8) is 0 Å². The van der Waals surface area contributed by atoms with E-state index in [1.165, 1.54) is 11.3 Å². The van der Waals surface area contributed by atoms with Crippen molar-refractivity contribution in [2.75, 3.05) is 11.4 Å². The van der Waals surface area contributed by atoms with Gasteiger partial charge in [0.15, 0.2) is 0 Å². The summed E-state index contributed by atoms with van der Waals surface area (Å²) in [6.45, 7) is 4.12. The molecule has 0 aliphatic carbocycles. The van der Waals surface area contributed by atoms with Crippen LogP contribution in [0.4, 0.5) is 5.95 Å². The Bertz CT molecular complexity index is 872. The van der Waals surface area contributed by atoms with Crippen molar-refractivity contribution in [1.82, 2.24) is 9.55 Å². The minimum Gasteiger partial charge on any atom is -0.368 e. The number of hydrogen-bond donors (Lipinski definition) is 1. The Labute approximate surface area is 155 Å². The number of hydrogen-bond acceptors (Lipinski definition) is 4. The molecule has 0 aliphatic rings. The van der Waals surface area contributed by atoms with Crippen LogP contribution in [0.15, 0.2) is 48.7 Å². The van der Waals surface area contributed by atoms with Gasteiger partial charge < -0.3 is 10.6 Å². The van der Waals surface area contributed by atoms with Crippen LogP contribution in [0.1, 0.15) is 13.8 Å². The van der Waals surface area contributed by atoms with Gasteiger partial charge in [0.05, 0.1) is 15.8 Å². The molecule has 3 aromatic rings. The van der Waals surface area contributed by atoms with Crippen molar-refractivity contribution in [3.8, 4) is 16.3 Å². The van der Waals surface area contributed by atoms with Gasteiger partial charge in [-0.25, -0.2) is 4.98 Å². The first-order valence-electron chi connectivity index (χ1n) is 7.91. The van der Waals surface area contributed by atoms with Crippen molar-refractivity contribution in [2.24, 2.45) is 5.73 Å². The zero-order chi connectivity index (χ0) is 18.0. The minimum atomic E-state index is -0.392. The van der Waals surface area contributed by atoms with Crippen LogP contribution in [0.5, 0.6) is 0 Å². The van der Waals surface area contributed by atoms with E-state index in [0.717, 1.165) is 16.3 Å². The molecule has 7 heteroatoms. The second kappa shape index (κ2) is 7.29. The molecule has 2 heterocycles. The molecule has 5 nitrogen and oxygen atoms in total. The van der Waals surface area contributed by atoms with E-state index in [2.05, 4.69) is 0 Å². The second-order valence-corrected chi connectivity index (χ2v) is 7.64. The number of primary amides is 1. The zero-order valence-corrected chi connectivity index (χ0v) is 15.6. The van der Waals surface area contributed by atoms with Gasteiger partial charge in [-0.2, -0.15) is 0 Å². The van der Waals surface area contributed by atoms with E-state index >= 15 is 0 Å². The first-order chi connectivity index (χ1) is 12.0. The number of amides is 1. The molecule has 25 heavy (non-hydrogen) atoms. The Hall–Kier alpha value is -2.31. The van der Waals surface area contributed by atoms with E-state index in [-0.39, 0.29) is 12.6 Å². The van der Waals surface area contributed by atoms with Crippen LogP contribution in [-0.4, -0.2) is 28.0 Å². The smallest absolute Gasteiger partial charge is 0.237 e. The molecule has 0 bridgehead atoms. The largest absolute Gasteiger partial charge is 0.368 e. The summed E-state index contributed by atoms with van der Waals surface area (Å²) in [7, 11) is 0. The number of carbonyl (C=O) groups excluding carboxylic acids is 1. The topological polar surface area (TPSA) is 64.2 Å². The maximum atomic E-state index is 11.5. The van der Waals surface area contributed by atoms with Gasteiger partial charge in [0.2, 0.25) is 11.9 Å². The monoisotopic (exact) mass is 374 g/mol. The van der Waals surface area contributed by atoms with Crippen LogP contribution in [0.25, 0.3) is 16.3 Å². The van der Waals surface area contributed by atoms with Crippen LogP contribution in [0.2, 0.25) is 4.34 Å². The highest BCUT2D eigenvalue weighted by atomic mass is 35.5. The number of benzene rings is 1. The predicted molar refractivity (Wildman–Crippen MR) is 104 cm³/mol. The predicted octanol–water partition coefficient (Wildman–Crippen LogP) is 3.95. The standard InChI is InChI=1S/C18H19ClN4OS/c1-12(2)22(11-17(20)24)18-21-14(15-8-9-16(19)25-15)10-23(18)13-6-4-3-5-7-13/h3-10,12H,11H2,1-2H3,(H2,20,24). The fourth-order valence-corrected chi connectivity index (χ4v) is 3.57. The summed E-state index contributed by atoms with van der Waals surface area (Å²) in [5.41, 5.74) is 7.22. The third-order valence-corrected chi connectivity index (χ3v) is 5.01. The molecule has 0 atom stereocenters. The average molecular weight is 375 g/mol. The first-order valence-corrected chi connectivity index (χ1v) is 9.10. The number of halogens is 1. The summed E-state index contributed by atoms with van der Waals surface area (Å²) in [6.07, 6.45) is 1.96. The Morgan fingerprint density at radius 3 is 2.56 bits per heavy atom. The second-order valence-electron chi connectivity index (χ2n) is 5.92. The molecule has 0 saturated heterocycles. The number of nitrogens with two attached hydrogens (primary N) is 1. The van der Waals surface area contributed by atoms with Gasteiger partial charge in [-0.15, -0.1) is 11.3 Å². The molecule has 2 N–H and O–H groups in total. The lowest BCUT2D eigenvalue weighted by Gasteiger charge is -2.27. The Morgan fingerprint density at radius 1 is 1.28 bits per heavy atom. The summed E-state index contributed by atoms with van der Waals surface area (Å²) >= 11 is 7.54. The number of imidazole rings is 1.